The van der Waals surface area contributed by atoms with Crippen LogP contribution in [0.4, 0.5) is 4.39 Å². The smallest absolute Gasteiger partial charge is 0.331 e. The highest BCUT2D eigenvalue weighted by molar-refractivity contribution is 5.92. The fraction of sp³-hybridized carbons (Fsp3) is 0.115. The van der Waals surface area contributed by atoms with Crippen molar-refractivity contribution in [3.05, 3.63) is 134 Å². The zero-order valence-corrected chi connectivity index (χ0v) is 18.2. The molecule has 8 heteroatoms. The maximum absolute atomic E-state index is 14.0. The number of amides is 1. The predicted octanol–water partition coefficient (Wildman–Crippen LogP) is 2.92. The van der Waals surface area contributed by atoms with Crippen LogP contribution in [0.5, 0.6) is 5.75 Å². The molecule has 0 aliphatic heterocycles. The molecule has 0 fully saturated rings. The van der Waals surface area contributed by atoms with Crippen LogP contribution in [0.15, 0.2) is 94.6 Å². The molecule has 0 saturated heterocycles. The van der Waals surface area contributed by atoms with Gasteiger partial charge in [-0.05, 0) is 41.5 Å². The van der Waals surface area contributed by atoms with Gasteiger partial charge in [-0.25, -0.2) is 9.18 Å². The fourth-order valence-corrected chi connectivity index (χ4v) is 3.49. The number of nitrogens with zero attached hydrogens (tertiary/aromatic N) is 2. The number of ether oxygens (including phenoxy) is 1. The van der Waals surface area contributed by atoms with Crippen molar-refractivity contribution in [2.24, 2.45) is 5.73 Å². The summed E-state index contributed by atoms with van der Waals surface area (Å²) in [5.41, 5.74) is 6.60. The van der Waals surface area contributed by atoms with Crippen LogP contribution in [-0.2, 0) is 19.7 Å². The lowest BCUT2D eigenvalue weighted by Crippen LogP contribution is -2.39. The Morgan fingerprint density at radius 3 is 2.38 bits per heavy atom. The minimum atomic E-state index is -0.523. The number of halogens is 1. The standard InChI is InChI=1S/C26H22FN3O4/c27-23-7-2-1-5-21(23)16-30-24(31)12-13-29(26(30)33)15-18-8-10-22(11-9-18)34-17-19-4-3-6-20(14-19)25(28)32/h1-14H,15-17H2,(H2,28,32). The number of benzene rings is 3. The average Bonchev–Trinajstić information content (AvgIpc) is 2.84. The largest absolute Gasteiger partial charge is 0.489 e. The van der Waals surface area contributed by atoms with E-state index in [1.54, 1.807) is 48.5 Å². The molecule has 0 aliphatic rings. The highest BCUT2D eigenvalue weighted by Crippen LogP contribution is 2.15. The number of carbonyl (C=O) groups is 1. The number of hydrogen-bond donors (Lipinski definition) is 1. The van der Waals surface area contributed by atoms with E-state index in [1.807, 2.05) is 18.2 Å². The van der Waals surface area contributed by atoms with Crippen molar-refractivity contribution >= 4 is 5.91 Å². The van der Waals surface area contributed by atoms with Gasteiger partial charge in [-0.2, -0.15) is 0 Å². The van der Waals surface area contributed by atoms with Crippen molar-refractivity contribution in [1.82, 2.24) is 9.13 Å². The third-order valence-electron chi connectivity index (χ3n) is 5.32. The zero-order chi connectivity index (χ0) is 24.1. The molecule has 1 heterocycles. The SMILES string of the molecule is NC(=O)c1cccc(COc2ccc(Cn3ccc(=O)n(Cc4ccccc4F)c3=O)cc2)c1. The molecule has 34 heavy (non-hydrogen) atoms. The van der Waals surface area contributed by atoms with Crippen LogP contribution in [0.25, 0.3) is 0 Å². The van der Waals surface area contributed by atoms with Crippen LogP contribution in [0.2, 0.25) is 0 Å². The zero-order valence-electron chi connectivity index (χ0n) is 18.2. The molecule has 2 N–H and O–H groups in total. The van der Waals surface area contributed by atoms with Crippen LogP contribution < -0.4 is 21.7 Å². The molecule has 4 aromatic rings. The Morgan fingerprint density at radius 1 is 0.882 bits per heavy atom. The molecule has 172 valence electrons. The van der Waals surface area contributed by atoms with Crippen LogP contribution in [0, 0.1) is 5.82 Å². The van der Waals surface area contributed by atoms with Gasteiger partial charge in [0.15, 0.2) is 0 Å². The summed E-state index contributed by atoms with van der Waals surface area (Å²) in [7, 11) is 0. The van der Waals surface area contributed by atoms with Gasteiger partial charge in [0.2, 0.25) is 5.91 Å². The lowest BCUT2D eigenvalue weighted by molar-refractivity contribution is 0.1000. The summed E-state index contributed by atoms with van der Waals surface area (Å²) in [5, 5.41) is 0. The number of carbonyl (C=O) groups excluding carboxylic acids is 1. The minimum Gasteiger partial charge on any atom is -0.489 e. The van der Waals surface area contributed by atoms with Crippen molar-refractivity contribution in [3.8, 4) is 5.75 Å². The Bertz CT molecular complexity index is 1440. The summed E-state index contributed by atoms with van der Waals surface area (Å²) >= 11 is 0. The second-order valence-electron chi connectivity index (χ2n) is 7.74. The molecule has 7 nitrogen and oxygen atoms in total. The molecular formula is C26H22FN3O4. The lowest BCUT2D eigenvalue weighted by atomic mass is 10.1. The molecule has 0 aliphatic carbocycles. The summed E-state index contributed by atoms with van der Waals surface area (Å²) in [6.07, 6.45) is 1.43. The maximum atomic E-state index is 14.0. The molecule has 1 amide bonds. The summed E-state index contributed by atoms with van der Waals surface area (Å²) in [6, 6.07) is 21.4. The highest BCUT2D eigenvalue weighted by atomic mass is 19.1. The van der Waals surface area contributed by atoms with Gasteiger partial charge < -0.3 is 10.5 Å². The van der Waals surface area contributed by atoms with E-state index in [0.717, 1.165) is 15.7 Å². The number of rotatable bonds is 8. The van der Waals surface area contributed by atoms with Gasteiger partial charge in [0.1, 0.15) is 18.2 Å². The molecule has 0 spiro atoms. The maximum Gasteiger partial charge on any atom is 0.331 e. The first-order valence-electron chi connectivity index (χ1n) is 10.5. The van der Waals surface area contributed by atoms with Crippen molar-refractivity contribution in [2.45, 2.75) is 19.7 Å². The Balaban J connectivity index is 1.46. The number of primary amides is 1. The first-order chi connectivity index (χ1) is 16.4. The van der Waals surface area contributed by atoms with Crippen molar-refractivity contribution in [1.29, 1.82) is 0 Å². The topological polar surface area (TPSA) is 96.3 Å². The van der Waals surface area contributed by atoms with Crippen LogP contribution in [0.3, 0.4) is 0 Å². The summed E-state index contributed by atoms with van der Waals surface area (Å²) < 4.78 is 22.2. The Kier molecular flexibility index (Phi) is 6.68. The van der Waals surface area contributed by atoms with Crippen LogP contribution in [0.1, 0.15) is 27.0 Å². The van der Waals surface area contributed by atoms with E-state index in [1.165, 1.54) is 22.9 Å². The molecule has 0 unspecified atom stereocenters. The molecule has 1 aromatic heterocycles. The van der Waals surface area contributed by atoms with Crippen LogP contribution in [-0.4, -0.2) is 15.0 Å². The molecular weight excluding hydrogens is 437 g/mol. The number of nitrogens with two attached hydrogens (primary N) is 1. The third-order valence-corrected chi connectivity index (χ3v) is 5.32. The Labute approximate surface area is 194 Å². The average molecular weight is 459 g/mol. The first kappa shape index (κ1) is 22.7. The predicted molar refractivity (Wildman–Crippen MR) is 125 cm³/mol. The van der Waals surface area contributed by atoms with Crippen molar-refractivity contribution in [3.63, 3.8) is 0 Å². The molecule has 0 saturated carbocycles. The number of hydrogen-bond acceptors (Lipinski definition) is 4. The second-order valence-corrected chi connectivity index (χ2v) is 7.74. The van der Waals surface area contributed by atoms with Crippen molar-refractivity contribution in [2.75, 3.05) is 0 Å². The van der Waals surface area contributed by atoms with Gasteiger partial charge in [-0.3, -0.25) is 18.7 Å². The van der Waals surface area contributed by atoms with E-state index in [4.69, 9.17) is 10.5 Å². The number of aromatic nitrogens is 2. The molecule has 0 atom stereocenters. The lowest BCUT2D eigenvalue weighted by Gasteiger charge is -2.11. The van der Waals surface area contributed by atoms with E-state index >= 15 is 0 Å². The Hall–Kier alpha value is -4.46. The molecule has 4 rings (SSSR count). The summed E-state index contributed by atoms with van der Waals surface area (Å²) in [6.45, 7) is 0.354. The van der Waals surface area contributed by atoms with Crippen molar-refractivity contribution < 1.29 is 13.9 Å². The molecule has 0 bridgehead atoms. The third kappa shape index (κ3) is 5.29. The van der Waals surface area contributed by atoms with Gasteiger partial charge in [-0.15, -0.1) is 0 Å². The quantitative estimate of drug-likeness (QED) is 0.438. The van der Waals surface area contributed by atoms with E-state index in [0.29, 0.717) is 11.3 Å². The van der Waals surface area contributed by atoms with E-state index < -0.39 is 23.0 Å². The monoisotopic (exact) mass is 459 g/mol. The molecule has 0 radical (unpaired) electrons. The normalized spacial score (nSPS) is 10.7. The van der Waals surface area contributed by atoms with Gasteiger partial charge in [0.25, 0.3) is 5.56 Å². The minimum absolute atomic E-state index is 0.144. The first-order valence-corrected chi connectivity index (χ1v) is 10.5. The molecule has 3 aromatic carbocycles. The van der Waals surface area contributed by atoms with E-state index in [2.05, 4.69) is 0 Å². The summed E-state index contributed by atoms with van der Waals surface area (Å²) in [4.78, 5) is 36.4. The van der Waals surface area contributed by atoms with Gasteiger partial charge in [0.05, 0.1) is 13.1 Å². The Morgan fingerprint density at radius 2 is 1.65 bits per heavy atom. The summed E-state index contributed by atoms with van der Waals surface area (Å²) in [5.74, 6) is -0.354. The van der Waals surface area contributed by atoms with Gasteiger partial charge in [0, 0.05) is 23.4 Å². The van der Waals surface area contributed by atoms with E-state index in [9.17, 15) is 18.8 Å². The van der Waals surface area contributed by atoms with Gasteiger partial charge in [-0.1, -0.05) is 42.5 Å². The van der Waals surface area contributed by atoms with Gasteiger partial charge >= 0.3 is 5.69 Å². The van der Waals surface area contributed by atoms with Crippen LogP contribution >= 0.6 is 0 Å². The fourth-order valence-electron chi connectivity index (χ4n) is 3.49. The highest BCUT2D eigenvalue weighted by Gasteiger charge is 2.10. The van der Waals surface area contributed by atoms with E-state index in [-0.39, 0.29) is 25.3 Å². The second kappa shape index (κ2) is 9.99.